The molecular formula is C18H21N2O4+. The molecule has 0 aliphatic carbocycles. The first-order chi connectivity index (χ1) is 11.6. The Kier molecular flexibility index (Phi) is 4.66. The maximum Gasteiger partial charge on any atom is 0.269 e. The van der Waals surface area contributed by atoms with Crippen LogP contribution in [-0.4, -0.2) is 25.2 Å². The minimum atomic E-state index is -0.355. The van der Waals surface area contributed by atoms with E-state index in [4.69, 9.17) is 9.47 Å². The SMILES string of the molecule is CCOc1cc2c(cc1OC)[C@@H](c1cccc([N+](=O)[O-])c1)[NH2+]CC2. The maximum absolute atomic E-state index is 11.1. The van der Waals surface area contributed by atoms with Crippen molar-refractivity contribution in [2.75, 3.05) is 20.3 Å². The number of hydrogen-bond donors (Lipinski definition) is 1. The lowest BCUT2D eigenvalue weighted by Gasteiger charge is -2.25. The Labute approximate surface area is 140 Å². The molecule has 0 saturated heterocycles. The zero-order valence-corrected chi connectivity index (χ0v) is 13.8. The monoisotopic (exact) mass is 329 g/mol. The van der Waals surface area contributed by atoms with Crippen LogP contribution in [0.2, 0.25) is 0 Å². The van der Waals surface area contributed by atoms with Gasteiger partial charge in [-0.2, -0.15) is 0 Å². The first kappa shape index (κ1) is 16.3. The number of nitro groups is 1. The number of rotatable bonds is 5. The van der Waals surface area contributed by atoms with E-state index < -0.39 is 0 Å². The number of methoxy groups -OCH3 is 1. The van der Waals surface area contributed by atoms with Crippen LogP contribution in [0, 0.1) is 10.1 Å². The molecule has 6 heteroatoms. The zero-order chi connectivity index (χ0) is 17.1. The summed E-state index contributed by atoms with van der Waals surface area (Å²) < 4.78 is 11.1. The molecule has 0 bridgehead atoms. The van der Waals surface area contributed by atoms with Crippen LogP contribution in [0.1, 0.15) is 29.7 Å². The molecule has 1 heterocycles. The predicted molar refractivity (Wildman–Crippen MR) is 89.6 cm³/mol. The minimum Gasteiger partial charge on any atom is -0.493 e. The Balaban J connectivity index is 2.05. The van der Waals surface area contributed by atoms with E-state index in [1.165, 1.54) is 11.6 Å². The van der Waals surface area contributed by atoms with Gasteiger partial charge >= 0.3 is 0 Å². The molecule has 2 N–H and O–H groups in total. The molecule has 0 spiro atoms. The lowest BCUT2D eigenvalue weighted by atomic mass is 9.89. The Hall–Kier alpha value is -2.60. The molecule has 0 radical (unpaired) electrons. The average molecular weight is 329 g/mol. The van der Waals surface area contributed by atoms with E-state index in [0.717, 1.165) is 29.8 Å². The molecule has 2 aromatic rings. The molecule has 3 rings (SSSR count). The van der Waals surface area contributed by atoms with Gasteiger partial charge in [0, 0.05) is 29.7 Å². The summed E-state index contributed by atoms with van der Waals surface area (Å²) in [6.45, 7) is 3.45. The Bertz CT molecular complexity index is 761. The van der Waals surface area contributed by atoms with Crippen LogP contribution in [0.4, 0.5) is 5.69 Å². The van der Waals surface area contributed by atoms with E-state index in [0.29, 0.717) is 12.4 Å². The summed E-state index contributed by atoms with van der Waals surface area (Å²) in [5.74, 6) is 1.44. The number of quaternary nitrogens is 1. The van der Waals surface area contributed by atoms with Crippen molar-refractivity contribution in [1.29, 1.82) is 0 Å². The van der Waals surface area contributed by atoms with Gasteiger partial charge in [0.25, 0.3) is 5.69 Å². The lowest BCUT2D eigenvalue weighted by molar-refractivity contribution is -0.690. The Morgan fingerprint density at radius 1 is 1.29 bits per heavy atom. The molecule has 0 unspecified atom stereocenters. The number of nitrogens with zero attached hydrogens (tertiary/aromatic N) is 1. The summed E-state index contributed by atoms with van der Waals surface area (Å²) in [7, 11) is 1.62. The van der Waals surface area contributed by atoms with Gasteiger partial charge in [-0.25, -0.2) is 0 Å². The van der Waals surface area contributed by atoms with Crippen molar-refractivity contribution in [3.63, 3.8) is 0 Å². The van der Waals surface area contributed by atoms with Crippen LogP contribution >= 0.6 is 0 Å². The standard InChI is InChI=1S/C18H20N2O4/c1-3-24-17-10-12-7-8-19-18(15(12)11-16(17)23-2)13-5-4-6-14(9-13)20(21)22/h4-6,9-11,18-19H,3,7-8H2,1-2H3/p+1/t18-/m1/s1. The van der Waals surface area contributed by atoms with Gasteiger partial charge in [0.15, 0.2) is 11.5 Å². The second-order valence-corrected chi connectivity index (χ2v) is 5.74. The summed E-state index contributed by atoms with van der Waals surface area (Å²) in [5, 5.41) is 13.3. The van der Waals surface area contributed by atoms with E-state index in [1.54, 1.807) is 19.2 Å². The van der Waals surface area contributed by atoms with E-state index in [-0.39, 0.29) is 16.7 Å². The third kappa shape index (κ3) is 3.05. The molecule has 0 amide bonds. The van der Waals surface area contributed by atoms with Crippen LogP contribution < -0.4 is 14.8 Å². The second-order valence-electron chi connectivity index (χ2n) is 5.74. The van der Waals surface area contributed by atoms with Crippen LogP contribution in [0.15, 0.2) is 36.4 Å². The van der Waals surface area contributed by atoms with Crippen molar-refractivity contribution in [2.45, 2.75) is 19.4 Å². The number of hydrogen-bond acceptors (Lipinski definition) is 4. The third-order valence-electron chi connectivity index (χ3n) is 4.32. The van der Waals surface area contributed by atoms with Crippen LogP contribution in [0.25, 0.3) is 0 Å². The molecule has 6 nitrogen and oxygen atoms in total. The number of ether oxygens (including phenoxy) is 2. The fourth-order valence-electron chi connectivity index (χ4n) is 3.23. The smallest absolute Gasteiger partial charge is 0.269 e. The highest BCUT2D eigenvalue weighted by Gasteiger charge is 2.28. The summed E-state index contributed by atoms with van der Waals surface area (Å²) in [4.78, 5) is 10.7. The highest BCUT2D eigenvalue weighted by atomic mass is 16.6. The first-order valence-electron chi connectivity index (χ1n) is 8.05. The van der Waals surface area contributed by atoms with Gasteiger partial charge in [0.05, 0.1) is 25.2 Å². The quantitative estimate of drug-likeness (QED) is 0.674. The predicted octanol–water partition coefficient (Wildman–Crippen LogP) is 2.21. The van der Waals surface area contributed by atoms with Crippen molar-refractivity contribution in [3.05, 3.63) is 63.2 Å². The van der Waals surface area contributed by atoms with Gasteiger partial charge in [-0.3, -0.25) is 10.1 Å². The molecule has 0 fully saturated rings. The van der Waals surface area contributed by atoms with Crippen molar-refractivity contribution in [3.8, 4) is 11.5 Å². The second kappa shape index (κ2) is 6.88. The number of fused-ring (bicyclic) bond motifs is 1. The molecule has 126 valence electrons. The van der Waals surface area contributed by atoms with Crippen molar-refractivity contribution in [2.24, 2.45) is 0 Å². The van der Waals surface area contributed by atoms with Gasteiger partial charge in [0.2, 0.25) is 0 Å². The fourth-order valence-corrected chi connectivity index (χ4v) is 3.23. The topological polar surface area (TPSA) is 78.2 Å². The highest BCUT2D eigenvalue weighted by Crippen LogP contribution is 2.36. The average Bonchev–Trinajstić information content (AvgIpc) is 2.61. The summed E-state index contributed by atoms with van der Waals surface area (Å²) >= 11 is 0. The molecular weight excluding hydrogens is 308 g/mol. The molecule has 24 heavy (non-hydrogen) atoms. The summed E-state index contributed by atoms with van der Waals surface area (Å²) in [6, 6.07) is 10.9. The normalized spacial score (nSPS) is 16.3. The van der Waals surface area contributed by atoms with E-state index in [1.807, 2.05) is 25.1 Å². The minimum absolute atomic E-state index is 0.0261. The molecule has 1 aliphatic heterocycles. The number of nitrogens with two attached hydrogens (primary N) is 1. The third-order valence-corrected chi connectivity index (χ3v) is 4.32. The zero-order valence-electron chi connectivity index (χ0n) is 13.8. The van der Waals surface area contributed by atoms with Gasteiger partial charge in [-0.05, 0) is 24.6 Å². The van der Waals surface area contributed by atoms with Gasteiger partial charge in [0.1, 0.15) is 6.04 Å². The maximum atomic E-state index is 11.1. The van der Waals surface area contributed by atoms with Crippen LogP contribution in [0.5, 0.6) is 11.5 Å². The molecule has 1 aliphatic rings. The van der Waals surface area contributed by atoms with Crippen LogP contribution in [0.3, 0.4) is 0 Å². The van der Waals surface area contributed by atoms with E-state index in [9.17, 15) is 10.1 Å². The molecule has 2 aromatic carbocycles. The van der Waals surface area contributed by atoms with Gasteiger partial charge < -0.3 is 14.8 Å². The van der Waals surface area contributed by atoms with Gasteiger partial charge in [-0.15, -0.1) is 0 Å². The number of benzene rings is 2. The van der Waals surface area contributed by atoms with Crippen molar-refractivity contribution in [1.82, 2.24) is 0 Å². The molecule has 0 saturated carbocycles. The molecule has 0 aromatic heterocycles. The lowest BCUT2D eigenvalue weighted by Crippen LogP contribution is -2.87. The highest BCUT2D eigenvalue weighted by molar-refractivity contribution is 5.51. The van der Waals surface area contributed by atoms with E-state index in [2.05, 4.69) is 5.32 Å². The molecule has 1 atom stereocenters. The van der Waals surface area contributed by atoms with Crippen molar-refractivity contribution >= 4 is 5.69 Å². The van der Waals surface area contributed by atoms with Crippen molar-refractivity contribution < 1.29 is 19.7 Å². The largest absolute Gasteiger partial charge is 0.493 e. The first-order valence-corrected chi connectivity index (χ1v) is 8.05. The van der Waals surface area contributed by atoms with E-state index >= 15 is 0 Å². The number of nitro benzene ring substituents is 1. The summed E-state index contributed by atoms with van der Waals surface area (Å²) in [6.07, 6.45) is 0.935. The number of non-ortho nitro benzene ring substituents is 1. The Morgan fingerprint density at radius 2 is 2.12 bits per heavy atom. The summed E-state index contributed by atoms with van der Waals surface area (Å²) in [5.41, 5.74) is 3.38. The van der Waals surface area contributed by atoms with Gasteiger partial charge in [-0.1, -0.05) is 12.1 Å². The van der Waals surface area contributed by atoms with Crippen LogP contribution in [-0.2, 0) is 6.42 Å². The fraction of sp³-hybridized carbons (Fsp3) is 0.333. The Morgan fingerprint density at radius 3 is 2.83 bits per heavy atom.